The van der Waals surface area contributed by atoms with Crippen LogP contribution in [0.1, 0.15) is 28.5 Å². The first-order chi connectivity index (χ1) is 16.2. The number of benzene rings is 3. The zero-order chi connectivity index (χ0) is 22.9. The number of aromatic nitrogens is 2. The minimum atomic E-state index is -0.393. The number of amides is 1. The Labute approximate surface area is 192 Å². The number of ether oxygens (including phenoxy) is 2. The highest BCUT2D eigenvalue weighted by molar-refractivity contribution is 5.94. The standard InChI is InChI=1S/C26H24N4O3/c1-2-32-25-14-7-6-11-21(25)17-27-30-26(31)24-16-23(28-29-24)20-12-8-13-22(15-20)33-18-19-9-4-3-5-10-19/h3-17H,2,18H2,1H3,(H,28,29)(H,30,31)/b27-17+. The maximum absolute atomic E-state index is 12.5. The Morgan fingerprint density at radius 2 is 1.82 bits per heavy atom. The van der Waals surface area contributed by atoms with E-state index in [0.29, 0.717) is 30.4 Å². The van der Waals surface area contributed by atoms with Crippen LogP contribution in [0, 0.1) is 0 Å². The molecule has 4 rings (SSSR count). The van der Waals surface area contributed by atoms with Gasteiger partial charge in [0.25, 0.3) is 5.91 Å². The van der Waals surface area contributed by atoms with E-state index >= 15 is 0 Å². The third kappa shape index (κ3) is 5.86. The van der Waals surface area contributed by atoms with Crippen molar-refractivity contribution in [1.82, 2.24) is 15.6 Å². The maximum Gasteiger partial charge on any atom is 0.289 e. The lowest BCUT2D eigenvalue weighted by molar-refractivity contribution is 0.0950. The third-order valence-electron chi connectivity index (χ3n) is 4.79. The first-order valence-corrected chi connectivity index (χ1v) is 10.6. The molecule has 7 heteroatoms. The van der Waals surface area contributed by atoms with Crippen LogP contribution < -0.4 is 14.9 Å². The molecule has 7 nitrogen and oxygen atoms in total. The fourth-order valence-electron chi connectivity index (χ4n) is 3.17. The summed E-state index contributed by atoms with van der Waals surface area (Å²) in [5.74, 6) is 1.04. The Balaban J connectivity index is 1.39. The largest absolute Gasteiger partial charge is 0.493 e. The Bertz CT molecular complexity index is 1240. The minimum Gasteiger partial charge on any atom is -0.493 e. The lowest BCUT2D eigenvalue weighted by Crippen LogP contribution is -2.18. The molecule has 0 saturated carbocycles. The maximum atomic E-state index is 12.5. The number of hydrogen-bond acceptors (Lipinski definition) is 5. The van der Waals surface area contributed by atoms with Crippen molar-refractivity contribution in [1.29, 1.82) is 0 Å². The number of carbonyl (C=O) groups is 1. The summed E-state index contributed by atoms with van der Waals surface area (Å²) < 4.78 is 11.4. The van der Waals surface area contributed by atoms with Crippen LogP contribution >= 0.6 is 0 Å². The van der Waals surface area contributed by atoms with Crippen molar-refractivity contribution in [2.24, 2.45) is 5.10 Å². The number of aromatic amines is 1. The number of hydrogen-bond donors (Lipinski definition) is 2. The summed E-state index contributed by atoms with van der Waals surface area (Å²) in [5, 5.41) is 11.1. The highest BCUT2D eigenvalue weighted by atomic mass is 16.5. The van der Waals surface area contributed by atoms with Gasteiger partial charge >= 0.3 is 0 Å². The van der Waals surface area contributed by atoms with E-state index in [9.17, 15) is 4.79 Å². The van der Waals surface area contributed by atoms with Crippen LogP contribution in [0.3, 0.4) is 0 Å². The van der Waals surface area contributed by atoms with Gasteiger partial charge in [-0.05, 0) is 42.8 Å². The van der Waals surface area contributed by atoms with E-state index < -0.39 is 5.91 Å². The summed E-state index contributed by atoms with van der Waals surface area (Å²) in [4.78, 5) is 12.5. The fourth-order valence-corrected chi connectivity index (χ4v) is 3.17. The van der Waals surface area contributed by atoms with E-state index in [4.69, 9.17) is 9.47 Å². The van der Waals surface area contributed by atoms with Crippen molar-refractivity contribution in [2.75, 3.05) is 6.61 Å². The molecule has 0 atom stereocenters. The second kappa shape index (κ2) is 10.8. The summed E-state index contributed by atoms with van der Waals surface area (Å²) in [7, 11) is 0. The van der Waals surface area contributed by atoms with Crippen LogP contribution in [0.5, 0.6) is 11.5 Å². The molecule has 0 spiro atoms. The Hall–Kier alpha value is -4.39. The predicted molar refractivity (Wildman–Crippen MR) is 127 cm³/mol. The summed E-state index contributed by atoms with van der Waals surface area (Å²) >= 11 is 0. The fraction of sp³-hybridized carbons (Fsp3) is 0.115. The Morgan fingerprint density at radius 3 is 2.67 bits per heavy atom. The van der Waals surface area contributed by atoms with Gasteiger partial charge in [0.1, 0.15) is 23.8 Å². The van der Waals surface area contributed by atoms with Crippen LogP contribution in [-0.2, 0) is 6.61 Å². The molecule has 33 heavy (non-hydrogen) atoms. The number of nitrogens with zero attached hydrogens (tertiary/aromatic N) is 2. The van der Waals surface area contributed by atoms with Crippen LogP contribution in [0.25, 0.3) is 11.3 Å². The van der Waals surface area contributed by atoms with Crippen LogP contribution in [0.2, 0.25) is 0 Å². The zero-order valence-corrected chi connectivity index (χ0v) is 18.2. The van der Waals surface area contributed by atoms with Crippen molar-refractivity contribution in [3.05, 3.63) is 102 Å². The molecular weight excluding hydrogens is 416 g/mol. The van der Waals surface area contributed by atoms with E-state index in [1.165, 1.54) is 0 Å². The predicted octanol–water partition coefficient (Wildman–Crippen LogP) is 4.82. The second-order valence-corrected chi connectivity index (χ2v) is 7.14. The van der Waals surface area contributed by atoms with E-state index in [1.54, 1.807) is 12.3 Å². The van der Waals surface area contributed by atoms with Crippen molar-refractivity contribution in [3.63, 3.8) is 0 Å². The van der Waals surface area contributed by atoms with E-state index in [0.717, 1.165) is 22.4 Å². The average Bonchev–Trinajstić information content (AvgIpc) is 3.35. The first-order valence-electron chi connectivity index (χ1n) is 10.6. The quantitative estimate of drug-likeness (QED) is 0.289. The number of hydrazone groups is 1. The van der Waals surface area contributed by atoms with Crippen LogP contribution in [-0.4, -0.2) is 28.9 Å². The normalized spacial score (nSPS) is 10.8. The van der Waals surface area contributed by atoms with Crippen molar-refractivity contribution in [2.45, 2.75) is 13.5 Å². The molecule has 0 aliphatic heterocycles. The monoisotopic (exact) mass is 440 g/mol. The molecule has 2 N–H and O–H groups in total. The van der Waals surface area contributed by atoms with Gasteiger partial charge in [-0.3, -0.25) is 9.89 Å². The zero-order valence-electron chi connectivity index (χ0n) is 18.2. The molecule has 1 aromatic heterocycles. The van der Waals surface area contributed by atoms with Gasteiger partial charge in [-0.1, -0.05) is 54.6 Å². The molecule has 0 unspecified atom stereocenters. The third-order valence-corrected chi connectivity index (χ3v) is 4.79. The van der Waals surface area contributed by atoms with Gasteiger partial charge in [-0.2, -0.15) is 10.2 Å². The molecule has 0 radical (unpaired) electrons. The number of para-hydroxylation sites is 1. The molecule has 3 aromatic carbocycles. The van der Waals surface area contributed by atoms with Gasteiger partial charge in [-0.25, -0.2) is 5.43 Å². The average molecular weight is 441 g/mol. The molecule has 1 amide bonds. The minimum absolute atomic E-state index is 0.302. The van der Waals surface area contributed by atoms with Gasteiger partial charge < -0.3 is 9.47 Å². The smallest absolute Gasteiger partial charge is 0.289 e. The topological polar surface area (TPSA) is 88.6 Å². The van der Waals surface area contributed by atoms with Gasteiger partial charge in [0.2, 0.25) is 0 Å². The molecule has 0 bridgehead atoms. The van der Waals surface area contributed by atoms with Crippen molar-refractivity contribution >= 4 is 12.1 Å². The molecule has 0 aliphatic carbocycles. The van der Waals surface area contributed by atoms with Gasteiger partial charge in [-0.15, -0.1) is 0 Å². The molecule has 166 valence electrons. The molecule has 4 aromatic rings. The van der Waals surface area contributed by atoms with E-state index in [2.05, 4.69) is 20.7 Å². The van der Waals surface area contributed by atoms with E-state index in [-0.39, 0.29) is 0 Å². The molecule has 0 saturated heterocycles. The Morgan fingerprint density at radius 1 is 1.00 bits per heavy atom. The van der Waals surface area contributed by atoms with Crippen LogP contribution in [0.4, 0.5) is 0 Å². The number of rotatable bonds is 9. The van der Waals surface area contributed by atoms with Crippen molar-refractivity contribution in [3.8, 4) is 22.8 Å². The summed E-state index contributed by atoms with van der Waals surface area (Å²) in [5.41, 5.74) is 6.15. The number of nitrogens with one attached hydrogen (secondary N) is 2. The molecular formula is C26H24N4O3. The molecule has 1 heterocycles. The van der Waals surface area contributed by atoms with Gasteiger partial charge in [0, 0.05) is 11.1 Å². The summed E-state index contributed by atoms with van der Waals surface area (Å²) in [6, 6.07) is 26.7. The lowest BCUT2D eigenvalue weighted by atomic mass is 10.1. The number of H-pyrrole nitrogens is 1. The summed E-state index contributed by atoms with van der Waals surface area (Å²) in [6.07, 6.45) is 1.55. The van der Waals surface area contributed by atoms with Gasteiger partial charge in [0.15, 0.2) is 0 Å². The summed E-state index contributed by atoms with van der Waals surface area (Å²) in [6.45, 7) is 2.94. The highest BCUT2D eigenvalue weighted by Gasteiger charge is 2.11. The first kappa shape index (κ1) is 21.8. The lowest BCUT2D eigenvalue weighted by Gasteiger charge is -2.07. The van der Waals surface area contributed by atoms with Gasteiger partial charge in [0.05, 0.1) is 18.5 Å². The highest BCUT2D eigenvalue weighted by Crippen LogP contribution is 2.23. The SMILES string of the molecule is CCOc1ccccc1/C=N/NC(=O)c1cc(-c2cccc(OCc3ccccc3)c2)n[nH]1. The Kier molecular flexibility index (Phi) is 7.12. The van der Waals surface area contributed by atoms with Crippen molar-refractivity contribution < 1.29 is 14.3 Å². The number of carbonyl (C=O) groups excluding carboxylic acids is 1. The molecule has 0 fully saturated rings. The van der Waals surface area contributed by atoms with E-state index in [1.807, 2.05) is 85.8 Å². The molecule has 0 aliphatic rings. The van der Waals surface area contributed by atoms with Crippen LogP contribution in [0.15, 0.2) is 90.0 Å². The second-order valence-electron chi connectivity index (χ2n) is 7.14.